The summed E-state index contributed by atoms with van der Waals surface area (Å²) >= 11 is 0. The third-order valence-corrected chi connectivity index (χ3v) is 4.43. The number of carbonyl (C=O) groups excluding carboxylic acids is 3. The number of urea groups is 1. The largest absolute Gasteiger partial charge is 0.461 e. The summed E-state index contributed by atoms with van der Waals surface area (Å²) in [4.78, 5) is 39.8. The van der Waals surface area contributed by atoms with Crippen LogP contribution < -0.4 is 5.32 Å². The van der Waals surface area contributed by atoms with Gasteiger partial charge in [-0.15, -0.1) is 0 Å². The molecule has 1 aromatic rings. The monoisotopic (exact) mass is 319 g/mol. The molecule has 1 N–H and O–H groups in total. The van der Waals surface area contributed by atoms with Crippen LogP contribution in [0.4, 0.5) is 4.79 Å². The summed E-state index contributed by atoms with van der Waals surface area (Å²) in [6.45, 7) is 2.89. The minimum atomic E-state index is -0.662. The first-order chi connectivity index (χ1) is 11.1. The predicted molar refractivity (Wildman–Crippen MR) is 82.0 cm³/mol. The number of hydrogen-bond donors (Lipinski definition) is 1. The zero-order valence-corrected chi connectivity index (χ0v) is 13.0. The van der Waals surface area contributed by atoms with Crippen LogP contribution in [0.15, 0.2) is 22.8 Å². The lowest BCUT2D eigenvalue weighted by atomic mass is 10.0. The van der Waals surface area contributed by atoms with Gasteiger partial charge in [0, 0.05) is 32.2 Å². The quantitative estimate of drug-likeness (QED) is 0.671. The molecule has 7 nitrogen and oxygen atoms in total. The minimum Gasteiger partial charge on any atom is -0.461 e. The average molecular weight is 319 g/mol. The van der Waals surface area contributed by atoms with Crippen molar-refractivity contribution < 1.29 is 18.8 Å². The molecule has 1 aromatic heterocycles. The van der Waals surface area contributed by atoms with Crippen molar-refractivity contribution in [2.24, 2.45) is 0 Å². The molecule has 0 spiro atoms. The SMILES string of the molecule is O=C(NC1CCN(C(=O)N2CCCC2)CC1)C(=O)c1ccco1. The Kier molecular flexibility index (Phi) is 4.64. The van der Waals surface area contributed by atoms with Crippen molar-refractivity contribution >= 4 is 17.7 Å². The van der Waals surface area contributed by atoms with Crippen molar-refractivity contribution in [1.29, 1.82) is 0 Å². The zero-order valence-electron chi connectivity index (χ0n) is 13.0. The molecule has 2 fully saturated rings. The van der Waals surface area contributed by atoms with Crippen molar-refractivity contribution in [3.05, 3.63) is 24.2 Å². The van der Waals surface area contributed by atoms with Crippen LogP contribution in [0.3, 0.4) is 0 Å². The van der Waals surface area contributed by atoms with Crippen LogP contribution in [0.25, 0.3) is 0 Å². The molecule has 2 saturated heterocycles. The fourth-order valence-corrected chi connectivity index (χ4v) is 3.09. The van der Waals surface area contributed by atoms with E-state index < -0.39 is 11.7 Å². The third-order valence-electron chi connectivity index (χ3n) is 4.43. The highest BCUT2D eigenvalue weighted by molar-refractivity contribution is 6.42. The Morgan fingerprint density at radius 3 is 2.30 bits per heavy atom. The van der Waals surface area contributed by atoms with Gasteiger partial charge in [0.2, 0.25) is 0 Å². The Balaban J connectivity index is 1.46. The summed E-state index contributed by atoms with van der Waals surface area (Å²) in [6.07, 6.45) is 4.84. The van der Waals surface area contributed by atoms with E-state index in [0.717, 1.165) is 25.9 Å². The van der Waals surface area contributed by atoms with Crippen molar-refractivity contribution in [2.75, 3.05) is 26.2 Å². The molecule has 0 bridgehead atoms. The van der Waals surface area contributed by atoms with Crippen molar-refractivity contribution in [1.82, 2.24) is 15.1 Å². The van der Waals surface area contributed by atoms with E-state index in [1.807, 2.05) is 9.80 Å². The van der Waals surface area contributed by atoms with E-state index in [2.05, 4.69) is 5.32 Å². The first kappa shape index (κ1) is 15.6. The van der Waals surface area contributed by atoms with E-state index in [9.17, 15) is 14.4 Å². The Bertz CT molecular complexity index is 570. The van der Waals surface area contributed by atoms with Crippen molar-refractivity contribution in [2.45, 2.75) is 31.7 Å². The van der Waals surface area contributed by atoms with Gasteiger partial charge in [0.15, 0.2) is 5.76 Å². The van der Waals surface area contributed by atoms with Gasteiger partial charge in [-0.2, -0.15) is 0 Å². The number of likely N-dealkylation sites (tertiary alicyclic amines) is 2. The standard InChI is InChI=1S/C16H21N3O4/c20-14(13-4-3-11-23-13)15(21)17-12-5-9-19(10-6-12)16(22)18-7-1-2-8-18/h3-4,11-12H,1-2,5-10H2,(H,17,21). The molecule has 0 radical (unpaired) electrons. The first-order valence-electron chi connectivity index (χ1n) is 8.07. The Labute approximate surface area is 134 Å². The summed E-state index contributed by atoms with van der Waals surface area (Å²) in [7, 11) is 0. The van der Waals surface area contributed by atoms with E-state index in [0.29, 0.717) is 25.9 Å². The molecule has 0 unspecified atom stereocenters. The topological polar surface area (TPSA) is 82.9 Å². The highest BCUT2D eigenvalue weighted by atomic mass is 16.3. The average Bonchev–Trinajstić information content (AvgIpc) is 3.27. The van der Waals surface area contributed by atoms with Gasteiger partial charge in [0.1, 0.15) is 0 Å². The number of rotatable bonds is 3. The van der Waals surface area contributed by atoms with Gasteiger partial charge < -0.3 is 19.5 Å². The molecule has 0 atom stereocenters. The number of ketones is 1. The lowest BCUT2D eigenvalue weighted by Crippen LogP contribution is -2.50. The fraction of sp³-hybridized carbons (Fsp3) is 0.562. The number of nitrogens with zero attached hydrogens (tertiary/aromatic N) is 2. The van der Waals surface area contributed by atoms with Crippen LogP contribution in [0, 0.1) is 0 Å². The second-order valence-electron chi connectivity index (χ2n) is 6.02. The smallest absolute Gasteiger partial charge is 0.319 e. The molecule has 23 heavy (non-hydrogen) atoms. The summed E-state index contributed by atoms with van der Waals surface area (Å²) < 4.78 is 4.94. The van der Waals surface area contributed by atoms with E-state index in [-0.39, 0.29) is 17.8 Å². The number of piperidine rings is 1. The van der Waals surface area contributed by atoms with Gasteiger partial charge in [-0.25, -0.2) is 4.79 Å². The number of Topliss-reactive ketones (excluding diaryl/α,β-unsaturated/α-hetero) is 1. The number of amides is 3. The van der Waals surface area contributed by atoms with Gasteiger partial charge in [-0.1, -0.05) is 0 Å². The minimum absolute atomic E-state index is 0.0455. The Morgan fingerprint density at radius 2 is 1.70 bits per heavy atom. The summed E-state index contributed by atoms with van der Waals surface area (Å²) in [5.74, 6) is -1.26. The Morgan fingerprint density at radius 1 is 1.04 bits per heavy atom. The molecule has 7 heteroatoms. The maximum Gasteiger partial charge on any atom is 0.319 e. The molecule has 0 saturated carbocycles. The normalized spacial score (nSPS) is 19.0. The van der Waals surface area contributed by atoms with Crippen LogP contribution >= 0.6 is 0 Å². The van der Waals surface area contributed by atoms with E-state index in [1.165, 1.54) is 12.3 Å². The van der Waals surface area contributed by atoms with Gasteiger partial charge >= 0.3 is 6.03 Å². The maximum absolute atomic E-state index is 12.3. The predicted octanol–water partition coefficient (Wildman–Crippen LogP) is 1.26. The van der Waals surface area contributed by atoms with Crippen molar-refractivity contribution in [3.63, 3.8) is 0 Å². The number of furan rings is 1. The molecule has 124 valence electrons. The van der Waals surface area contributed by atoms with E-state index in [1.54, 1.807) is 6.07 Å². The molecule has 2 aliphatic heterocycles. The highest BCUT2D eigenvalue weighted by Crippen LogP contribution is 2.16. The van der Waals surface area contributed by atoms with Crippen LogP contribution in [0.5, 0.6) is 0 Å². The molecule has 2 aliphatic rings. The first-order valence-corrected chi connectivity index (χ1v) is 8.07. The van der Waals surface area contributed by atoms with Crippen molar-refractivity contribution in [3.8, 4) is 0 Å². The van der Waals surface area contributed by atoms with Gasteiger partial charge in [0.05, 0.1) is 6.26 Å². The van der Waals surface area contributed by atoms with Gasteiger partial charge in [-0.3, -0.25) is 9.59 Å². The van der Waals surface area contributed by atoms with Crippen LogP contribution in [-0.2, 0) is 4.79 Å². The third kappa shape index (κ3) is 3.55. The second-order valence-corrected chi connectivity index (χ2v) is 6.02. The number of hydrogen-bond acceptors (Lipinski definition) is 4. The number of nitrogens with one attached hydrogen (secondary N) is 1. The highest BCUT2D eigenvalue weighted by Gasteiger charge is 2.29. The fourth-order valence-electron chi connectivity index (χ4n) is 3.09. The summed E-state index contributed by atoms with van der Waals surface area (Å²) in [5, 5.41) is 2.74. The molecule has 0 aliphatic carbocycles. The van der Waals surface area contributed by atoms with Gasteiger partial charge in [0.25, 0.3) is 11.7 Å². The lowest BCUT2D eigenvalue weighted by Gasteiger charge is -2.34. The summed E-state index contributed by atoms with van der Waals surface area (Å²) in [6, 6.07) is 3.06. The maximum atomic E-state index is 12.3. The molecular weight excluding hydrogens is 298 g/mol. The molecule has 3 amide bonds. The molecular formula is C16H21N3O4. The second kappa shape index (κ2) is 6.85. The summed E-state index contributed by atoms with van der Waals surface area (Å²) in [5.41, 5.74) is 0. The number of carbonyl (C=O) groups is 3. The van der Waals surface area contributed by atoms with E-state index in [4.69, 9.17) is 4.42 Å². The molecule has 0 aromatic carbocycles. The van der Waals surface area contributed by atoms with Crippen LogP contribution in [-0.4, -0.2) is 59.7 Å². The zero-order chi connectivity index (χ0) is 16.2. The Hall–Kier alpha value is -2.31. The molecule has 3 heterocycles. The lowest BCUT2D eigenvalue weighted by molar-refractivity contribution is -0.118. The van der Waals surface area contributed by atoms with Gasteiger partial charge in [-0.05, 0) is 37.8 Å². The van der Waals surface area contributed by atoms with Crippen LogP contribution in [0.1, 0.15) is 36.2 Å². The molecule has 3 rings (SSSR count). The van der Waals surface area contributed by atoms with Crippen LogP contribution in [0.2, 0.25) is 0 Å². The van der Waals surface area contributed by atoms with E-state index >= 15 is 0 Å².